The first-order valence-electron chi connectivity index (χ1n) is 9.11. The van der Waals surface area contributed by atoms with Crippen LogP contribution >= 0.6 is 0 Å². The number of allylic oxidation sites excluding steroid dienone is 2. The number of rotatable bonds is 4. The first-order valence-corrected chi connectivity index (χ1v) is 10.7. The Morgan fingerprint density at radius 1 is 1.14 bits per heavy atom. The predicted octanol–water partition coefficient (Wildman–Crippen LogP) is 2.00. The molecule has 0 unspecified atom stereocenters. The van der Waals surface area contributed by atoms with Crippen LogP contribution in [0, 0.1) is 0 Å². The number of carbonyl (C=O) groups is 2. The second kappa shape index (κ2) is 7.51. The SMILES string of the molecule is NS(=O)(=O)c1cccc2c1C(=O)C=C(Nc1cnccc1C1CCOCC1)C2=O. The van der Waals surface area contributed by atoms with Crippen molar-refractivity contribution in [2.45, 2.75) is 23.7 Å². The van der Waals surface area contributed by atoms with Crippen molar-refractivity contribution in [1.82, 2.24) is 4.98 Å². The summed E-state index contributed by atoms with van der Waals surface area (Å²) in [5.74, 6) is -0.819. The molecule has 8 nitrogen and oxygen atoms in total. The number of aromatic nitrogens is 1. The Balaban J connectivity index is 1.70. The molecule has 0 atom stereocenters. The molecule has 2 aliphatic rings. The Hall–Kier alpha value is -2.88. The Kier molecular flexibility index (Phi) is 5.03. The molecule has 1 aliphatic heterocycles. The number of nitrogens with one attached hydrogen (secondary N) is 1. The summed E-state index contributed by atoms with van der Waals surface area (Å²) in [7, 11) is -4.14. The highest BCUT2D eigenvalue weighted by molar-refractivity contribution is 7.89. The minimum atomic E-state index is -4.14. The van der Waals surface area contributed by atoms with Crippen LogP contribution in [0.4, 0.5) is 5.69 Å². The van der Waals surface area contributed by atoms with Gasteiger partial charge in [0.15, 0.2) is 5.78 Å². The second-order valence-electron chi connectivity index (χ2n) is 6.95. The quantitative estimate of drug-likeness (QED) is 0.784. The first-order chi connectivity index (χ1) is 13.9. The minimum absolute atomic E-state index is 0.00281. The van der Waals surface area contributed by atoms with Gasteiger partial charge in [-0.05, 0) is 36.5 Å². The number of benzene rings is 1. The average molecular weight is 413 g/mol. The van der Waals surface area contributed by atoms with Crippen molar-refractivity contribution in [3.05, 3.63) is 65.1 Å². The third-order valence-electron chi connectivity index (χ3n) is 5.13. The van der Waals surface area contributed by atoms with E-state index in [4.69, 9.17) is 9.88 Å². The van der Waals surface area contributed by atoms with Gasteiger partial charge < -0.3 is 10.1 Å². The summed E-state index contributed by atoms with van der Waals surface area (Å²) in [4.78, 5) is 29.4. The maximum Gasteiger partial charge on any atom is 0.238 e. The smallest absolute Gasteiger partial charge is 0.238 e. The lowest BCUT2D eigenvalue weighted by Gasteiger charge is -2.25. The van der Waals surface area contributed by atoms with Crippen LogP contribution in [0.15, 0.2) is 53.3 Å². The second-order valence-corrected chi connectivity index (χ2v) is 8.48. The summed E-state index contributed by atoms with van der Waals surface area (Å²) >= 11 is 0. The lowest BCUT2D eigenvalue weighted by Crippen LogP contribution is -2.26. The third kappa shape index (κ3) is 3.71. The number of sulfonamides is 1. The molecule has 29 heavy (non-hydrogen) atoms. The lowest BCUT2D eigenvalue weighted by molar-refractivity contribution is 0.0854. The molecule has 9 heteroatoms. The number of fused-ring (bicyclic) bond motifs is 1. The summed E-state index contributed by atoms with van der Waals surface area (Å²) in [6.45, 7) is 1.33. The van der Waals surface area contributed by atoms with Gasteiger partial charge in [-0.2, -0.15) is 0 Å². The van der Waals surface area contributed by atoms with Gasteiger partial charge in [0.25, 0.3) is 0 Å². The van der Waals surface area contributed by atoms with Gasteiger partial charge in [-0.15, -0.1) is 0 Å². The summed E-state index contributed by atoms with van der Waals surface area (Å²) in [6, 6.07) is 5.92. The van der Waals surface area contributed by atoms with E-state index in [0.29, 0.717) is 18.9 Å². The van der Waals surface area contributed by atoms with Crippen molar-refractivity contribution in [3.63, 3.8) is 0 Å². The molecule has 2 aromatic rings. The van der Waals surface area contributed by atoms with Crippen LogP contribution < -0.4 is 10.5 Å². The average Bonchev–Trinajstić information content (AvgIpc) is 2.72. The zero-order valence-corrected chi connectivity index (χ0v) is 16.2. The van der Waals surface area contributed by atoms with Gasteiger partial charge in [0.05, 0.1) is 28.0 Å². The number of hydrogen-bond donors (Lipinski definition) is 2. The fraction of sp³-hybridized carbons (Fsp3) is 0.250. The Bertz CT molecular complexity index is 1130. The summed E-state index contributed by atoms with van der Waals surface area (Å²) in [5, 5.41) is 8.24. The van der Waals surface area contributed by atoms with Crippen molar-refractivity contribution in [2.24, 2.45) is 5.14 Å². The van der Waals surface area contributed by atoms with E-state index in [0.717, 1.165) is 24.5 Å². The molecule has 1 aromatic carbocycles. The highest BCUT2D eigenvalue weighted by atomic mass is 32.2. The minimum Gasteiger partial charge on any atom is -0.381 e. The van der Waals surface area contributed by atoms with Crippen LogP contribution in [0.2, 0.25) is 0 Å². The molecule has 4 rings (SSSR count). The number of primary sulfonamides is 1. The molecule has 0 spiro atoms. The number of Topliss-reactive ketones (excluding diaryl/α,β-unsaturated/α-hetero) is 1. The van der Waals surface area contributed by atoms with Crippen molar-refractivity contribution in [2.75, 3.05) is 18.5 Å². The van der Waals surface area contributed by atoms with E-state index in [2.05, 4.69) is 10.3 Å². The van der Waals surface area contributed by atoms with Gasteiger partial charge in [0.2, 0.25) is 15.8 Å². The maximum absolute atomic E-state index is 13.0. The molecule has 1 saturated heterocycles. The number of hydrogen-bond acceptors (Lipinski definition) is 7. The summed E-state index contributed by atoms with van der Waals surface area (Å²) < 4.78 is 29.0. The molecule has 1 aromatic heterocycles. The molecule has 0 saturated carbocycles. The number of nitrogens with two attached hydrogens (primary N) is 1. The summed E-state index contributed by atoms with van der Waals surface area (Å²) in [5.41, 5.74) is 1.51. The van der Waals surface area contributed by atoms with Crippen molar-refractivity contribution >= 4 is 27.3 Å². The fourth-order valence-electron chi connectivity index (χ4n) is 3.74. The van der Waals surface area contributed by atoms with E-state index in [1.54, 1.807) is 12.4 Å². The van der Waals surface area contributed by atoms with E-state index >= 15 is 0 Å². The van der Waals surface area contributed by atoms with Crippen LogP contribution in [0.1, 0.15) is 45.0 Å². The number of ether oxygens (including phenoxy) is 1. The van der Waals surface area contributed by atoms with Crippen molar-refractivity contribution in [1.29, 1.82) is 0 Å². The summed E-state index contributed by atoms with van der Waals surface area (Å²) in [6.07, 6.45) is 6.11. The monoisotopic (exact) mass is 413 g/mol. The van der Waals surface area contributed by atoms with Crippen molar-refractivity contribution in [3.8, 4) is 0 Å². The molecule has 150 valence electrons. The standard InChI is InChI=1S/C20H19N3O5S/c21-29(26,27)18-3-1-2-14-19(18)17(24)10-15(20(14)25)23-16-11-22-7-4-13(16)12-5-8-28-9-6-12/h1-4,7,10-12,23H,5-6,8-9H2,(H2,21,26,27). The van der Waals surface area contributed by atoms with Gasteiger partial charge in [-0.3, -0.25) is 14.6 Å². The van der Waals surface area contributed by atoms with Crippen molar-refractivity contribution < 1.29 is 22.7 Å². The zero-order chi connectivity index (χ0) is 20.6. The molecular weight excluding hydrogens is 394 g/mol. The van der Waals surface area contributed by atoms with E-state index in [1.807, 2.05) is 6.07 Å². The largest absolute Gasteiger partial charge is 0.381 e. The van der Waals surface area contributed by atoms with Crippen LogP contribution in [0.5, 0.6) is 0 Å². The van der Waals surface area contributed by atoms with Crippen LogP contribution in [0.25, 0.3) is 0 Å². The predicted molar refractivity (Wildman–Crippen MR) is 105 cm³/mol. The Morgan fingerprint density at radius 2 is 1.90 bits per heavy atom. The molecule has 1 fully saturated rings. The van der Waals surface area contributed by atoms with E-state index in [-0.39, 0.29) is 27.6 Å². The highest BCUT2D eigenvalue weighted by Crippen LogP contribution is 2.33. The normalized spacial score (nSPS) is 17.6. The van der Waals surface area contributed by atoms with Gasteiger partial charge >= 0.3 is 0 Å². The maximum atomic E-state index is 13.0. The van der Waals surface area contributed by atoms with Crippen LogP contribution in [0.3, 0.4) is 0 Å². The number of carbonyl (C=O) groups excluding carboxylic acids is 2. The van der Waals surface area contributed by atoms with E-state index < -0.39 is 21.6 Å². The Morgan fingerprint density at radius 3 is 2.62 bits per heavy atom. The molecule has 0 bridgehead atoms. The number of nitrogens with zero attached hydrogens (tertiary/aromatic N) is 1. The van der Waals surface area contributed by atoms with Crippen LogP contribution in [-0.2, 0) is 14.8 Å². The third-order valence-corrected chi connectivity index (χ3v) is 6.08. The molecular formula is C20H19N3O5S. The molecule has 2 heterocycles. The van der Waals surface area contributed by atoms with E-state index in [9.17, 15) is 18.0 Å². The van der Waals surface area contributed by atoms with Gasteiger partial charge in [-0.25, -0.2) is 13.6 Å². The highest BCUT2D eigenvalue weighted by Gasteiger charge is 2.31. The van der Waals surface area contributed by atoms with E-state index in [1.165, 1.54) is 18.2 Å². The van der Waals surface area contributed by atoms with Gasteiger partial charge in [-0.1, -0.05) is 12.1 Å². The van der Waals surface area contributed by atoms with Gasteiger partial charge in [0, 0.05) is 31.1 Å². The lowest BCUT2D eigenvalue weighted by atomic mass is 9.90. The molecule has 1 aliphatic carbocycles. The number of pyridine rings is 1. The number of ketones is 2. The van der Waals surface area contributed by atoms with Crippen LogP contribution in [-0.4, -0.2) is 38.2 Å². The molecule has 3 N–H and O–H groups in total. The number of anilines is 1. The fourth-order valence-corrected chi connectivity index (χ4v) is 4.50. The van der Waals surface area contributed by atoms with Gasteiger partial charge in [0.1, 0.15) is 0 Å². The zero-order valence-electron chi connectivity index (χ0n) is 15.4. The Labute approximate surface area is 167 Å². The molecule has 0 amide bonds. The first kappa shape index (κ1) is 19.4. The molecule has 0 radical (unpaired) electrons. The topological polar surface area (TPSA) is 128 Å².